The molecule has 0 bridgehead atoms. The summed E-state index contributed by atoms with van der Waals surface area (Å²) in [4.78, 5) is 48.4. The molecular formula is C14H12Br2O8. The molecule has 0 aliphatic heterocycles. The molecule has 0 spiro atoms. The molecule has 1 aromatic carbocycles. The lowest BCUT2D eigenvalue weighted by atomic mass is 9.97. The van der Waals surface area contributed by atoms with Crippen molar-refractivity contribution in [3.8, 4) is 0 Å². The molecule has 0 unspecified atom stereocenters. The zero-order valence-corrected chi connectivity index (χ0v) is 16.2. The molecule has 0 saturated carbocycles. The van der Waals surface area contributed by atoms with Crippen molar-refractivity contribution in [1.82, 2.24) is 0 Å². The fourth-order valence-corrected chi connectivity index (χ4v) is 3.30. The monoisotopic (exact) mass is 466 g/mol. The van der Waals surface area contributed by atoms with E-state index in [1.54, 1.807) is 0 Å². The standard InChI is InChI=1S/C14H12Br2O8/c1-21-11(17)5-6(12(18)22-2)10(16)8(14(20)24-4)7(9(5)15)13(19)23-3/h1-4H3. The predicted octanol–water partition coefficient (Wildman–Crippen LogP) is 2.36. The largest absolute Gasteiger partial charge is 0.465 e. The summed E-state index contributed by atoms with van der Waals surface area (Å²) in [6.45, 7) is 0. The third-order valence-electron chi connectivity index (χ3n) is 2.94. The fourth-order valence-electron chi connectivity index (χ4n) is 1.86. The van der Waals surface area contributed by atoms with E-state index < -0.39 is 23.9 Å². The molecule has 0 fully saturated rings. The van der Waals surface area contributed by atoms with E-state index in [0.717, 1.165) is 28.4 Å². The quantitative estimate of drug-likeness (QED) is 0.490. The molecule has 24 heavy (non-hydrogen) atoms. The van der Waals surface area contributed by atoms with Crippen LogP contribution >= 0.6 is 31.9 Å². The van der Waals surface area contributed by atoms with Crippen LogP contribution in [-0.4, -0.2) is 52.3 Å². The maximum atomic E-state index is 12.1. The van der Waals surface area contributed by atoms with Gasteiger partial charge in [-0.1, -0.05) is 0 Å². The Morgan fingerprint density at radius 3 is 0.833 bits per heavy atom. The molecule has 8 nitrogen and oxygen atoms in total. The molecule has 0 saturated heterocycles. The number of benzene rings is 1. The molecule has 0 aliphatic rings. The molecule has 0 amide bonds. The van der Waals surface area contributed by atoms with E-state index in [-0.39, 0.29) is 31.2 Å². The Bertz CT molecular complexity index is 608. The second-order valence-electron chi connectivity index (χ2n) is 4.09. The van der Waals surface area contributed by atoms with Crippen LogP contribution in [0.3, 0.4) is 0 Å². The molecule has 1 aromatic rings. The van der Waals surface area contributed by atoms with Crippen LogP contribution < -0.4 is 0 Å². The number of rotatable bonds is 4. The second kappa shape index (κ2) is 8.25. The van der Waals surface area contributed by atoms with Crippen LogP contribution in [0.4, 0.5) is 0 Å². The lowest BCUT2D eigenvalue weighted by molar-refractivity contribution is 0.0536. The number of ether oxygens (including phenoxy) is 4. The van der Waals surface area contributed by atoms with Gasteiger partial charge in [0.25, 0.3) is 0 Å². The van der Waals surface area contributed by atoms with Gasteiger partial charge in [0.1, 0.15) is 0 Å². The maximum Gasteiger partial charge on any atom is 0.339 e. The molecule has 0 aromatic heterocycles. The van der Waals surface area contributed by atoms with E-state index in [2.05, 4.69) is 50.8 Å². The molecule has 1 rings (SSSR count). The highest BCUT2D eigenvalue weighted by Gasteiger charge is 2.35. The van der Waals surface area contributed by atoms with Gasteiger partial charge < -0.3 is 18.9 Å². The van der Waals surface area contributed by atoms with Gasteiger partial charge in [0.2, 0.25) is 0 Å². The van der Waals surface area contributed by atoms with Crippen molar-refractivity contribution in [3.63, 3.8) is 0 Å². The van der Waals surface area contributed by atoms with Gasteiger partial charge in [-0.2, -0.15) is 0 Å². The SMILES string of the molecule is COC(=O)c1c(Br)c(C(=O)OC)c(C(=O)OC)c(Br)c1C(=O)OC. The molecule has 130 valence electrons. The summed E-state index contributed by atoms with van der Waals surface area (Å²) in [7, 11) is 4.37. The van der Waals surface area contributed by atoms with Crippen LogP contribution in [0.2, 0.25) is 0 Å². The number of carbonyl (C=O) groups excluding carboxylic acids is 4. The van der Waals surface area contributed by atoms with Crippen LogP contribution in [0.25, 0.3) is 0 Å². The number of hydrogen-bond acceptors (Lipinski definition) is 8. The molecular weight excluding hydrogens is 456 g/mol. The highest BCUT2D eigenvalue weighted by Crippen LogP contribution is 2.37. The fraction of sp³-hybridized carbons (Fsp3) is 0.286. The van der Waals surface area contributed by atoms with Crippen LogP contribution in [0.15, 0.2) is 8.95 Å². The van der Waals surface area contributed by atoms with Crippen molar-refractivity contribution in [2.75, 3.05) is 28.4 Å². The first-order chi connectivity index (χ1) is 11.3. The number of carbonyl (C=O) groups is 4. The Hall–Kier alpha value is -1.94. The topological polar surface area (TPSA) is 105 Å². The van der Waals surface area contributed by atoms with Crippen LogP contribution in [0, 0.1) is 0 Å². The summed E-state index contributed by atoms with van der Waals surface area (Å²) in [5.74, 6) is -3.71. The Morgan fingerprint density at radius 2 is 0.708 bits per heavy atom. The minimum Gasteiger partial charge on any atom is -0.465 e. The Morgan fingerprint density at radius 1 is 0.542 bits per heavy atom. The van der Waals surface area contributed by atoms with Gasteiger partial charge >= 0.3 is 23.9 Å². The van der Waals surface area contributed by atoms with E-state index >= 15 is 0 Å². The first-order valence-electron chi connectivity index (χ1n) is 6.14. The highest BCUT2D eigenvalue weighted by atomic mass is 79.9. The first-order valence-corrected chi connectivity index (χ1v) is 7.73. The summed E-state index contributed by atoms with van der Waals surface area (Å²) in [6.07, 6.45) is 0. The van der Waals surface area contributed by atoms with Crippen molar-refractivity contribution in [3.05, 3.63) is 31.2 Å². The van der Waals surface area contributed by atoms with Gasteiger partial charge in [-0.3, -0.25) is 0 Å². The molecule has 10 heteroatoms. The third kappa shape index (κ3) is 3.44. The van der Waals surface area contributed by atoms with Crippen molar-refractivity contribution >= 4 is 55.7 Å². The smallest absolute Gasteiger partial charge is 0.339 e. The van der Waals surface area contributed by atoms with E-state index in [0.29, 0.717) is 0 Å². The summed E-state index contributed by atoms with van der Waals surface area (Å²) in [6, 6.07) is 0. The molecule has 0 aliphatic carbocycles. The van der Waals surface area contributed by atoms with Gasteiger partial charge in [0.05, 0.1) is 50.7 Å². The van der Waals surface area contributed by atoms with Crippen molar-refractivity contribution in [2.24, 2.45) is 0 Å². The van der Waals surface area contributed by atoms with Gasteiger partial charge in [0.15, 0.2) is 0 Å². The van der Waals surface area contributed by atoms with Gasteiger partial charge in [0, 0.05) is 8.95 Å². The summed E-state index contributed by atoms with van der Waals surface area (Å²) < 4.78 is 18.2. The Labute approximate surface area is 153 Å². The van der Waals surface area contributed by atoms with Crippen molar-refractivity contribution in [2.45, 2.75) is 0 Å². The third-order valence-corrected chi connectivity index (χ3v) is 4.52. The predicted molar refractivity (Wildman–Crippen MR) is 87.2 cm³/mol. The highest BCUT2D eigenvalue weighted by molar-refractivity contribution is 9.11. The lowest BCUT2D eigenvalue weighted by Crippen LogP contribution is -2.21. The summed E-state index contributed by atoms with van der Waals surface area (Å²) >= 11 is 6.11. The van der Waals surface area contributed by atoms with Gasteiger partial charge in [-0.25, -0.2) is 19.2 Å². The van der Waals surface area contributed by atoms with E-state index in [4.69, 9.17) is 0 Å². The zero-order valence-electron chi connectivity index (χ0n) is 13.0. The van der Waals surface area contributed by atoms with Gasteiger partial charge in [-0.05, 0) is 31.9 Å². The van der Waals surface area contributed by atoms with E-state index in [1.165, 1.54) is 0 Å². The van der Waals surface area contributed by atoms with Crippen molar-refractivity contribution in [1.29, 1.82) is 0 Å². The number of esters is 4. The molecule has 0 heterocycles. The minimum atomic E-state index is -0.926. The molecule has 0 radical (unpaired) electrons. The minimum absolute atomic E-state index is 0.162. The summed E-state index contributed by atoms with van der Waals surface area (Å²) in [5.41, 5.74) is -1.21. The Balaban J connectivity index is 4.08. The van der Waals surface area contributed by atoms with Crippen LogP contribution in [-0.2, 0) is 18.9 Å². The first kappa shape index (κ1) is 20.1. The average Bonchev–Trinajstić information content (AvgIpc) is 2.59. The average molecular weight is 468 g/mol. The van der Waals surface area contributed by atoms with Crippen molar-refractivity contribution < 1.29 is 38.1 Å². The number of halogens is 2. The maximum absolute atomic E-state index is 12.1. The molecule has 0 atom stereocenters. The normalized spacial score (nSPS) is 9.92. The molecule has 0 N–H and O–H groups in total. The van der Waals surface area contributed by atoms with Crippen LogP contribution in [0.1, 0.15) is 41.4 Å². The summed E-state index contributed by atoms with van der Waals surface area (Å²) in [5, 5.41) is 0. The zero-order chi connectivity index (χ0) is 18.6. The Kier molecular flexibility index (Phi) is 6.91. The van der Waals surface area contributed by atoms with Crippen LogP contribution in [0.5, 0.6) is 0 Å². The second-order valence-corrected chi connectivity index (χ2v) is 5.68. The number of methoxy groups -OCH3 is 4. The van der Waals surface area contributed by atoms with E-state index in [1.807, 2.05) is 0 Å². The lowest BCUT2D eigenvalue weighted by Gasteiger charge is -2.17. The van der Waals surface area contributed by atoms with E-state index in [9.17, 15) is 19.2 Å². The number of hydrogen-bond donors (Lipinski definition) is 0. The van der Waals surface area contributed by atoms with Gasteiger partial charge in [-0.15, -0.1) is 0 Å².